The molecule has 1 nitrogen and oxygen atoms in total. The smallest absolute Gasteiger partial charge is 0.146 e. The van der Waals surface area contributed by atoms with Crippen molar-refractivity contribution < 1.29 is 4.79 Å². The highest BCUT2D eigenvalue weighted by Crippen LogP contribution is 2.23. The van der Waals surface area contributed by atoms with Crippen LogP contribution in [0.15, 0.2) is 18.2 Å². The summed E-state index contributed by atoms with van der Waals surface area (Å²) in [4.78, 5) is 11.3. The van der Waals surface area contributed by atoms with Gasteiger partial charge in [0.25, 0.3) is 0 Å². The zero-order valence-corrected chi connectivity index (χ0v) is 11.2. The number of ketones is 1. The van der Waals surface area contributed by atoms with Gasteiger partial charge in [-0.25, -0.2) is 0 Å². The zero-order valence-electron chi connectivity index (χ0n) is 8.89. The maximum absolute atomic E-state index is 11.4. The van der Waals surface area contributed by atoms with Crippen LogP contribution in [0.3, 0.4) is 0 Å². The molecule has 0 aromatic heterocycles. The van der Waals surface area contributed by atoms with Crippen molar-refractivity contribution in [1.29, 1.82) is 0 Å². The van der Waals surface area contributed by atoms with Crippen molar-refractivity contribution in [2.24, 2.45) is 0 Å². The van der Waals surface area contributed by atoms with E-state index in [1.165, 1.54) is 0 Å². The maximum Gasteiger partial charge on any atom is 0.146 e. The number of carbonyl (C=O) groups excluding carboxylic acids is 1. The number of halogens is 2. The van der Waals surface area contributed by atoms with Crippen molar-refractivity contribution >= 4 is 33.3 Å². The van der Waals surface area contributed by atoms with Crippen LogP contribution in [-0.4, -0.2) is 10.6 Å². The first kappa shape index (κ1) is 12.7. The molecule has 1 unspecified atom stereocenters. The molecule has 82 valence electrons. The van der Waals surface area contributed by atoms with Gasteiger partial charge in [-0.15, -0.1) is 0 Å². The molecule has 0 aliphatic rings. The molecule has 0 spiro atoms. The Morgan fingerprint density at radius 2 is 2.20 bits per heavy atom. The Hall–Kier alpha value is -0.340. The summed E-state index contributed by atoms with van der Waals surface area (Å²) in [7, 11) is 0. The third-order valence-electron chi connectivity index (χ3n) is 2.43. The number of hydrogen-bond acceptors (Lipinski definition) is 1. The zero-order chi connectivity index (χ0) is 11.4. The van der Waals surface area contributed by atoms with E-state index in [1.54, 1.807) is 0 Å². The van der Waals surface area contributed by atoms with Crippen molar-refractivity contribution in [3.63, 3.8) is 0 Å². The van der Waals surface area contributed by atoms with E-state index in [9.17, 15) is 4.79 Å². The van der Waals surface area contributed by atoms with Crippen LogP contribution in [0.4, 0.5) is 0 Å². The molecule has 0 N–H and O–H groups in total. The highest BCUT2D eigenvalue weighted by atomic mass is 79.9. The minimum Gasteiger partial charge on any atom is -0.298 e. The Kier molecular flexibility index (Phi) is 4.81. The van der Waals surface area contributed by atoms with Gasteiger partial charge in [0, 0.05) is 11.4 Å². The molecule has 0 saturated heterocycles. The molecule has 0 aliphatic carbocycles. The van der Waals surface area contributed by atoms with E-state index in [4.69, 9.17) is 11.6 Å². The second kappa shape index (κ2) is 5.66. The predicted molar refractivity (Wildman–Crippen MR) is 67.9 cm³/mol. The van der Waals surface area contributed by atoms with E-state index in [0.717, 1.165) is 16.1 Å². The molecule has 3 heteroatoms. The Balaban J connectivity index is 2.85. The van der Waals surface area contributed by atoms with Gasteiger partial charge in [0.15, 0.2) is 0 Å². The minimum absolute atomic E-state index is 0.124. The maximum atomic E-state index is 11.4. The van der Waals surface area contributed by atoms with Gasteiger partial charge in [-0.1, -0.05) is 46.6 Å². The van der Waals surface area contributed by atoms with Gasteiger partial charge in [-0.05, 0) is 30.5 Å². The van der Waals surface area contributed by atoms with Gasteiger partial charge in [-0.3, -0.25) is 4.79 Å². The molecule has 0 saturated carbocycles. The summed E-state index contributed by atoms with van der Waals surface area (Å²) in [5.74, 6) is 0.217. The van der Waals surface area contributed by atoms with Gasteiger partial charge in [-0.2, -0.15) is 0 Å². The van der Waals surface area contributed by atoms with E-state index in [0.29, 0.717) is 12.8 Å². The normalized spacial score (nSPS) is 12.5. The fourth-order valence-electron chi connectivity index (χ4n) is 1.44. The number of benzene rings is 1. The number of rotatable bonds is 4. The quantitative estimate of drug-likeness (QED) is 0.768. The van der Waals surface area contributed by atoms with E-state index in [-0.39, 0.29) is 10.6 Å². The molecular formula is C12H14BrClO. The van der Waals surface area contributed by atoms with E-state index in [1.807, 2.05) is 32.0 Å². The van der Waals surface area contributed by atoms with Crippen molar-refractivity contribution in [2.75, 3.05) is 0 Å². The first-order valence-corrected chi connectivity index (χ1v) is 6.26. The number of aryl methyl sites for hydroxylation is 1. The van der Waals surface area contributed by atoms with Crippen LogP contribution in [0.2, 0.25) is 5.02 Å². The van der Waals surface area contributed by atoms with Crippen LogP contribution in [0.1, 0.15) is 24.5 Å². The number of carbonyl (C=O) groups is 1. The monoisotopic (exact) mass is 288 g/mol. The summed E-state index contributed by atoms with van der Waals surface area (Å²) < 4.78 is 0. The molecule has 15 heavy (non-hydrogen) atoms. The number of hydrogen-bond donors (Lipinski definition) is 0. The third-order valence-corrected chi connectivity index (χ3v) is 3.62. The van der Waals surface area contributed by atoms with E-state index >= 15 is 0 Å². The molecule has 1 rings (SSSR count). The summed E-state index contributed by atoms with van der Waals surface area (Å²) >= 11 is 9.49. The molecule has 0 bridgehead atoms. The highest BCUT2D eigenvalue weighted by Gasteiger charge is 2.15. The van der Waals surface area contributed by atoms with Gasteiger partial charge in [0.05, 0.1) is 4.83 Å². The first-order valence-electron chi connectivity index (χ1n) is 4.97. The lowest BCUT2D eigenvalue weighted by atomic mass is 10.0. The Morgan fingerprint density at radius 1 is 1.53 bits per heavy atom. The fraction of sp³-hybridized carbons (Fsp3) is 0.417. The van der Waals surface area contributed by atoms with E-state index in [2.05, 4.69) is 15.9 Å². The van der Waals surface area contributed by atoms with Crippen LogP contribution in [0, 0.1) is 6.92 Å². The lowest BCUT2D eigenvalue weighted by Crippen LogP contribution is -2.16. The SMILES string of the molecule is CCC(=O)C(Br)Cc1c(C)cccc1Cl. The molecule has 0 heterocycles. The standard InChI is InChI=1S/C12H14BrClO/c1-3-12(15)10(13)7-9-8(2)5-4-6-11(9)14/h4-6,10H,3,7H2,1-2H3. The van der Waals surface area contributed by atoms with Crippen molar-refractivity contribution in [2.45, 2.75) is 31.5 Å². The molecular weight excluding hydrogens is 275 g/mol. The summed E-state index contributed by atoms with van der Waals surface area (Å²) in [6.07, 6.45) is 1.22. The predicted octanol–water partition coefficient (Wildman–Crippen LogP) is 3.93. The van der Waals surface area contributed by atoms with E-state index < -0.39 is 0 Å². The Labute approximate surface area is 104 Å². The topological polar surface area (TPSA) is 17.1 Å². The summed E-state index contributed by atoms with van der Waals surface area (Å²) in [5.41, 5.74) is 2.19. The average Bonchev–Trinajstić information content (AvgIpc) is 2.22. The highest BCUT2D eigenvalue weighted by molar-refractivity contribution is 9.10. The largest absolute Gasteiger partial charge is 0.298 e. The van der Waals surface area contributed by atoms with Gasteiger partial charge < -0.3 is 0 Å². The third kappa shape index (κ3) is 3.32. The van der Waals surface area contributed by atoms with Crippen LogP contribution in [0.25, 0.3) is 0 Å². The molecule has 1 aromatic rings. The summed E-state index contributed by atoms with van der Waals surface area (Å²) in [6.45, 7) is 3.88. The van der Waals surface area contributed by atoms with Crippen molar-refractivity contribution in [3.05, 3.63) is 34.3 Å². The molecule has 0 amide bonds. The second-order valence-electron chi connectivity index (χ2n) is 3.53. The van der Waals surface area contributed by atoms with Crippen molar-refractivity contribution in [3.8, 4) is 0 Å². The molecule has 0 radical (unpaired) electrons. The molecule has 0 fully saturated rings. The molecule has 0 aliphatic heterocycles. The minimum atomic E-state index is -0.124. The molecule has 1 aromatic carbocycles. The van der Waals surface area contributed by atoms with Gasteiger partial charge >= 0.3 is 0 Å². The van der Waals surface area contributed by atoms with Crippen molar-refractivity contribution in [1.82, 2.24) is 0 Å². The van der Waals surface area contributed by atoms with Crippen LogP contribution in [0.5, 0.6) is 0 Å². The summed E-state index contributed by atoms with van der Waals surface area (Å²) in [5, 5.41) is 0.739. The fourth-order valence-corrected chi connectivity index (χ4v) is 2.39. The average molecular weight is 290 g/mol. The lowest BCUT2D eigenvalue weighted by Gasteiger charge is -2.11. The number of alkyl halides is 1. The van der Waals surface area contributed by atoms with Gasteiger partial charge in [0.1, 0.15) is 5.78 Å². The van der Waals surface area contributed by atoms with Crippen LogP contribution in [-0.2, 0) is 11.2 Å². The lowest BCUT2D eigenvalue weighted by molar-refractivity contribution is -0.118. The second-order valence-corrected chi connectivity index (χ2v) is 5.04. The Bertz CT molecular complexity index is 342. The van der Waals surface area contributed by atoms with Gasteiger partial charge in [0.2, 0.25) is 0 Å². The number of Topliss-reactive ketones (excluding diaryl/α,β-unsaturated/α-hetero) is 1. The van der Waals surface area contributed by atoms with Crippen LogP contribution < -0.4 is 0 Å². The molecule has 1 atom stereocenters. The van der Waals surface area contributed by atoms with Crippen LogP contribution >= 0.6 is 27.5 Å². The first-order chi connectivity index (χ1) is 7.06. The summed E-state index contributed by atoms with van der Waals surface area (Å²) in [6, 6.07) is 5.80. The Morgan fingerprint density at radius 3 is 2.73 bits per heavy atom.